The van der Waals surface area contributed by atoms with Gasteiger partial charge in [-0.2, -0.15) is 0 Å². The summed E-state index contributed by atoms with van der Waals surface area (Å²) in [4.78, 5) is 12.5. The number of nitrogens with zero attached hydrogens (tertiary/aromatic N) is 1. The molecule has 0 atom stereocenters. The van der Waals surface area contributed by atoms with E-state index in [0.29, 0.717) is 13.0 Å². The maximum absolute atomic E-state index is 10.3. The van der Waals surface area contributed by atoms with E-state index in [1.54, 1.807) is 0 Å². The summed E-state index contributed by atoms with van der Waals surface area (Å²) in [5, 5.41) is 8.93. The highest BCUT2D eigenvalue weighted by Gasteiger charge is 2.03. The predicted molar refractivity (Wildman–Crippen MR) is 76.7 cm³/mol. The number of hydrogen-bond acceptors (Lipinski definition) is 3. The van der Waals surface area contributed by atoms with Crippen LogP contribution >= 0.6 is 0 Å². The Balaban J connectivity index is 3.39. The first kappa shape index (κ1) is 17.6. The molecule has 0 aromatic heterocycles. The molecule has 1 N–H and O–H groups in total. The van der Waals surface area contributed by atoms with Gasteiger partial charge in [-0.1, -0.05) is 46.0 Å². The highest BCUT2D eigenvalue weighted by molar-refractivity contribution is 5.49. The van der Waals surface area contributed by atoms with Gasteiger partial charge < -0.3 is 14.8 Å². The summed E-state index contributed by atoms with van der Waals surface area (Å²) in [7, 11) is 0. The number of hydrogen-bond donors (Lipinski definition) is 1. The lowest BCUT2D eigenvalue weighted by Gasteiger charge is -2.19. The van der Waals surface area contributed by atoms with Crippen LogP contribution in [-0.2, 0) is 4.79 Å². The molecule has 0 saturated heterocycles. The zero-order valence-electron chi connectivity index (χ0n) is 12.2. The number of aliphatic hydroxyl groups is 1. The molecule has 0 spiro atoms. The molecule has 0 fully saturated rings. The molecule has 0 saturated carbocycles. The molecule has 3 nitrogen and oxygen atoms in total. The summed E-state index contributed by atoms with van der Waals surface area (Å²) < 4.78 is 0. The Bertz CT molecular complexity index is 183. The van der Waals surface area contributed by atoms with Gasteiger partial charge in [0, 0.05) is 19.5 Å². The largest absolute Gasteiger partial charge is 0.395 e. The molecular weight excluding hydrogens is 226 g/mol. The van der Waals surface area contributed by atoms with Gasteiger partial charge in [0.05, 0.1) is 6.61 Å². The maximum atomic E-state index is 10.3. The first-order chi connectivity index (χ1) is 8.70. The second kappa shape index (κ2) is 13.0. The fourth-order valence-electron chi connectivity index (χ4n) is 2.13. The highest BCUT2D eigenvalue weighted by atomic mass is 16.3. The van der Waals surface area contributed by atoms with Gasteiger partial charge in [-0.3, -0.25) is 0 Å². The number of aliphatic hydroxyl groups excluding tert-OH is 1. The standard InChI is InChI=1S/C15H31NO2/c1-15(2)9-6-4-3-5-7-10-16(12-14-18)11-8-13-17/h13,15,18H,3-12,14H2,1-2H3. The third kappa shape index (κ3) is 12.1. The van der Waals surface area contributed by atoms with E-state index in [4.69, 9.17) is 5.11 Å². The van der Waals surface area contributed by atoms with E-state index in [-0.39, 0.29) is 6.61 Å². The normalized spacial score (nSPS) is 11.4. The fraction of sp³-hybridized carbons (Fsp3) is 0.933. The Kier molecular flexibility index (Phi) is 12.7. The minimum absolute atomic E-state index is 0.188. The van der Waals surface area contributed by atoms with Crippen LogP contribution in [0.3, 0.4) is 0 Å². The van der Waals surface area contributed by atoms with Gasteiger partial charge in [0.2, 0.25) is 0 Å². The molecule has 3 heteroatoms. The number of aldehydes is 1. The number of carbonyl (C=O) groups is 1. The first-order valence-corrected chi connectivity index (χ1v) is 7.47. The quantitative estimate of drug-likeness (QED) is 0.407. The molecule has 0 amide bonds. The molecule has 0 unspecified atom stereocenters. The Morgan fingerprint density at radius 3 is 2.28 bits per heavy atom. The van der Waals surface area contributed by atoms with Crippen molar-refractivity contribution in [3.05, 3.63) is 0 Å². The van der Waals surface area contributed by atoms with E-state index in [0.717, 1.165) is 25.3 Å². The van der Waals surface area contributed by atoms with Crippen molar-refractivity contribution in [1.29, 1.82) is 0 Å². The van der Waals surface area contributed by atoms with Crippen LogP contribution in [0.1, 0.15) is 58.8 Å². The molecular formula is C15H31NO2. The summed E-state index contributed by atoms with van der Waals surface area (Å²) in [5.41, 5.74) is 0. The van der Waals surface area contributed by atoms with Crippen LogP contribution in [0, 0.1) is 5.92 Å². The summed E-state index contributed by atoms with van der Waals surface area (Å²) >= 11 is 0. The molecule has 0 aliphatic rings. The van der Waals surface area contributed by atoms with Crippen LogP contribution in [0.2, 0.25) is 0 Å². The maximum Gasteiger partial charge on any atom is 0.121 e. The number of unbranched alkanes of at least 4 members (excludes halogenated alkanes) is 4. The van der Waals surface area contributed by atoms with Crippen LogP contribution in [0.5, 0.6) is 0 Å². The lowest BCUT2D eigenvalue weighted by atomic mass is 10.0. The van der Waals surface area contributed by atoms with Gasteiger partial charge in [-0.25, -0.2) is 0 Å². The summed E-state index contributed by atoms with van der Waals surface area (Å²) in [6.07, 6.45) is 9.32. The van der Waals surface area contributed by atoms with Crippen molar-refractivity contribution in [2.24, 2.45) is 5.92 Å². The molecule has 0 bridgehead atoms. The van der Waals surface area contributed by atoms with Crippen LogP contribution in [0.4, 0.5) is 0 Å². The van der Waals surface area contributed by atoms with Crippen molar-refractivity contribution in [2.75, 3.05) is 26.2 Å². The van der Waals surface area contributed by atoms with Crippen LogP contribution in [0.25, 0.3) is 0 Å². The molecule has 0 radical (unpaired) electrons. The van der Waals surface area contributed by atoms with Gasteiger partial charge >= 0.3 is 0 Å². The lowest BCUT2D eigenvalue weighted by molar-refractivity contribution is -0.108. The molecule has 18 heavy (non-hydrogen) atoms. The van der Waals surface area contributed by atoms with E-state index in [2.05, 4.69) is 18.7 Å². The van der Waals surface area contributed by atoms with Crippen molar-refractivity contribution < 1.29 is 9.90 Å². The summed E-state index contributed by atoms with van der Waals surface area (Å²) in [6.45, 7) is 7.24. The van der Waals surface area contributed by atoms with Gasteiger partial charge in [0.25, 0.3) is 0 Å². The molecule has 0 aromatic carbocycles. The molecule has 0 aliphatic heterocycles. The van der Waals surface area contributed by atoms with Crippen LogP contribution in [-0.4, -0.2) is 42.5 Å². The average molecular weight is 257 g/mol. The molecule has 0 rings (SSSR count). The van der Waals surface area contributed by atoms with Gasteiger partial charge in [-0.05, 0) is 18.9 Å². The van der Waals surface area contributed by atoms with E-state index in [1.165, 1.54) is 38.5 Å². The number of carbonyl (C=O) groups excluding carboxylic acids is 1. The third-order valence-electron chi connectivity index (χ3n) is 3.24. The summed E-state index contributed by atoms with van der Waals surface area (Å²) in [6, 6.07) is 0. The molecule has 0 aliphatic carbocycles. The van der Waals surface area contributed by atoms with Crippen LogP contribution < -0.4 is 0 Å². The summed E-state index contributed by atoms with van der Waals surface area (Å²) in [5.74, 6) is 0.827. The number of rotatable bonds is 13. The van der Waals surface area contributed by atoms with Crippen molar-refractivity contribution in [3.8, 4) is 0 Å². The smallest absolute Gasteiger partial charge is 0.121 e. The third-order valence-corrected chi connectivity index (χ3v) is 3.24. The SMILES string of the molecule is CC(C)CCCCCCCN(CCO)CCC=O. The van der Waals surface area contributed by atoms with E-state index in [1.807, 2.05) is 0 Å². The predicted octanol–water partition coefficient (Wildman–Crippen LogP) is 2.87. The Morgan fingerprint density at radius 2 is 1.67 bits per heavy atom. The molecule has 108 valence electrons. The first-order valence-electron chi connectivity index (χ1n) is 7.47. The van der Waals surface area contributed by atoms with Crippen molar-refractivity contribution >= 4 is 6.29 Å². The zero-order chi connectivity index (χ0) is 13.6. The molecule has 0 aromatic rings. The van der Waals surface area contributed by atoms with Crippen molar-refractivity contribution in [2.45, 2.75) is 58.8 Å². The minimum Gasteiger partial charge on any atom is -0.395 e. The monoisotopic (exact) mass is 257 g/mol. The van der Waals surface area contributed by atoms with E-state index in [9.17, 15) is 4.79 Å². The topological polar surface area (TPSA) is 40.5 Å². The average Bonchev–Trinajstić information content (AvgIpc) is 2.34. The second-order valence-corrected chi connectivity index (χ2v) is 5.47. The Hall–Kier alpha value is -0.410. The molecule has 0 heterocycles. The highest BCUT2D eigenvalue weighted by Crippen LogP contribution is 2.10. The van der Waals surface area contributed by atoms with Gasteiger partial charge in [0.15, 0.2) is 0 Å². The Morgan fingerprint density at radius 1 is 1.00 bits per heavy atom. The van der Waals surface area contributed by atoms with Gasteiger partial charge in [-0.15, -0.1) is 0 Å². The van der Waals surface area contributed by atoms with Crippen molar-refractivity contribution in [3.63, 3.8) is 0 Å². The fourth-order valence-corrected chi connectivity index (χ4v) is 2.13. The minimum atomic E-state index is 0.188. The van der Waals surface area contributed by atoms with Crippen LogP contribution in [0.15, 0.2) is 0 Å². The van der Waals surface area contributed by atoms with Gasteiger partial charge in [0.1, 0.15) is 6.29 Å². The van der Waals surface area contributed by atoms with Crippen molar-refractivity contribution in [1.82, 2.24) is 4.90 Å². The van der Waals surface area contributed by atoms with E-state index < -0.39 is 0 Å². The lowest BCUT2D eigenvalue weighted by Crippen LogP contribution is -2.29. The second-order valence-electron chi connectivity index (χ2n) is 5.47. The Labute approximate surface area is 113 Å². The van der Waals surface area contributed by atoms with E-state index >= 15 is 0 Å². The zero-order valence-corrected chi connectivity index (χ0v) is 12.2.